The lowest BCUT2D eigenvalue weighted by molar-refractivity contribution is 0.0752. The second-order valence-corrected chi connectivity index (χ2v) is 6.32. The number of amides is 1. The Morgan fingerprint density at radius 1 is 1.16 bits per heavy atom. The van der Waals surface area contributed by atoms with Crippen molar-refractivity contribution in [2.45, 2.75) is 19.9 Å². The van der Waals surface area contributed by atoms with Crippen LogP contribution in [-0.4, -0.2) is 54.4 Å². The second kappa shape index (κ2) is 9.79. The molecule has 0 radical (unpaired) electrons. The molecule has 0 bridgehead atoms. The molecule has 0 unspecified atom stereocenters. The van der Waals surface area contributed by atoms with E-state index < -0.39 is 0 Å². The fourth-order valence-electron chi connectivity index (χ4n) is 2.59. The summed E-state index contributed by atoms with van der Waals surface area (Å²) in [6, 6.07) is 13.7. The summed E-state index contributed by atoms with van der Waals surface area (Å²) in [5.41, 5.74) is 1.80. The van der Waals surface area contributed by atoms with Gasteiger partial charge in [0.05, 0.1) is 0 Å². The molecule has 0 atom stereocenters. The standard InChI is InChI=1S/C20H28N4O/c1-4-24(16-17-9-6-5-7-10-17)20(25)18-11-13-22-19(15-18)21-12-8-14-23(2)3/h5-7,9-11,13,15H,4,8,12,14,16H2,1-3H3,(H,21,22). The lowest BCUT2D eigenvalue weighted by atomic mass is 10.1. The number of nitrogens with one attached hydrogen (secondary N) is 1. The van der Waals surface area contributed by atoms with Gasteiger partial charge in [0.25, 0.3) is 5.91 Å². The van der Waals surface area contributed by atoms with Gasteiger partial charge in [-0.2, -0.15) is 0 Å². The van der Waals surface area contributed by atoms with Gasteiger partial charge in [-0.1, -0.05) is 30.3 Å². The van der Waals surface area contributed by atoms with Crippen LogP contribution in [0.5, 0.6) is 0 Å². The Kier molecular flexibility index (Phi) is 7.41. The molecule has 0 aliphatic rings. The maximum absolute atomic E-state index is 12.8. The zero-order chi connectivity index (χ0) is 18.1. The first-order valence-corrected chi connectivity index (χ1v) is 8.78. The van der Waals surface area contributed by atoms with Gasteiger partial charge in [0.2, 0.25) is 0 Å². The van der Waals surface area contributed by atoms with Crippen molar-refractivity contribution < 1.29 is 4.79 Å². The van der Waals surface area contributed by atoms with Crippen LogP contribution in [0.2, 0.25) is 0 Å². The number of benzene rings is 1. The molecule has 2 aromatic rings. The molecule has 0 aliphatic carbocycles. The molecule has 0 saturated carbocycles. The second-order valence-electron chi connectivity index (χ2n) is 6.32. The first-order chi connectivity index (χ1) is 12.1. The maximum Gasteiger partial charge on any atom is 0.254 e. The van der Waals surface area contributed by atoms with Gasteiger partial charge in [0.1, 0.15) is 5.82 Å². The molecule has 0 spiro atoms. The fraction of sp³-hybridized carbons (Fsp3) is 0.400. The topological polar surface area (TPSA) is 48.5 Å². The normalized spacial score (nSPS) is 10.7. The Balaban J connectivity index is 1.98. The van der Waals surface area contributed by atoms with E-state index in [2.05, 4.69) is 29.3 Å². The average Bonchev–Trinajstić information content (AvgIpc) is 2.63. The molecule has 1 heterocycles. The van der Waals surface area contributed by atoms with Gasteiger partial charge in [0.15, 0.2) is 0 Å². The van der Waals surface area contributed by atoms with Crippen molar-refractivity contribution in [3.63, 3.8) is 0 Å². The SMILES string of the molecule is CCN(Cc1ccccc1)C(=O)c1ccnc(NCCCN(C)C)c1. The largest absolute Gasteiger partial charge is 0.370 e. The van der Waals surface area contributed by atoms with Crippen molar-refractivity contribution in [3.8, 4) is 0 Å². The summed E-state index contributed by atoms with van der Waals surface area (Å²) in [5, 5.41) is 3.29. The van der Waals surface area contributed by atoms with Crippen LogP contribution >= 0.6 is 0 Å². The maximum atomic E-state index is 12.8. The number of anilines is 1. The highest BCUT2D eigenvalue weighted by Crippen LogP contribution is 2.12. The zero-order valence-electron chi connectivity index (χ0n) is 15.4. The Bertz CT molecular complexity index is 658. The third-order valence-electron chi connectivity index (χ3n) is 3.98. The van der Waals surface area contributed by atoms with Crippen LogP contribution < -0.4 is 5.32 Å². The number of rotatable bonds is 9. The lowest BCUT2D eigenvalue weighted by Crippen LogP contribution is -2.30. The minimum atomic E-state index is 0.0325. The van der Waals surface area contributed by atoms with Crippen molar-refractivity contribution in [1.82, 2.24) is 14.8 Å². The van der Waals surface area contributed by atoms with Gasteiger partial charge in [-0.15, -0.1) is 0 Å². The van der Waals surface area contributed by atoms with Crippen molar-refractivity contribution >= 4 is 11.7 Å². The third kappa shape index (κ3) is 6.19. The van der Waals surface area contributed by atoms with Crippen molar-refractivity contribution in [2.24, 2.45) is 0 Å². The van der Waals surface area contributed by atoms with Gasteiger partial charge in [0, 0.05) is 31.4 Å². The summed E-state index contributed by atoms with van der Waals surface area (Å²) < 4.78 is 0. The molecule has 2 rings (SSSR count). The Hall–Kier alpha value is -2.40. The molecule has 0 fully saturated rings. The molecular weight excluding hydrogens is 312 g/mol. The lowest BCUT2D eigenvalue weighted by Gasteiger charge is -2.21. The van der Waals surface area contributed by atoms with Crippen LogP contribution in [0, 0.1) is 0 Å². The van der Waals surface area contributed by atoms with Crippen LogP contribution in [-0.2, 0) is 6.54 Å². The van der Waals surface area contributed by atoms with E-state index in [-0.39, 0.29) is 5.91 Å². The minimum Gasteiger partial charge on any atom is -0.370 e. The monoisotopic (exact) mass is 340 g/mol. The van der Waals surface area contributed by atoms with Crippen LogP contribution in [0.4, 0.5) is 5.82 Å². The molecule has 1 amide bonds. The number of aromatic nitrogens is 1. The predicted octanol–water partition coefficient (Wildman–Crippen LogP) is 3.11. The van der Waals surface area contributed by atoms with Gasteiger partial charge >= 0.3 is 0 Å². The van der Waals surface area contributed by atoms with E-state index in [1.54, 1.807) is 12.3 Å². The third-order valence-corrected chi connectivity index (χ3v) is 3.98. The Morgan fingerprint density at radius 3 is 2.60 bits per heavy atom. The Labute approximate surface area is 150 Å². The molecule has 25 heavy (non-hydrogen) atoms. The highest BCUT2D eigenvalue weighted by molar-refractivity contribution is 5.94. The number of hydrogen-bond donors (Lipinski definition) is 1. The molecular formula is C20H28N4O. The molecule has 134 valence electrons. The summed E-state index contributed by atoms with van der Waals surface area (Å²) in [5.74, 6) is 0.783. The van der Waals surface area contributed by atoms with Gasteiger partial charge in [-0.3, -0.25) is 4.79 Å². The van der Waals surface area contributed by atoms with E-state index in [1.807, 2.05) is 48.2 Å². The summed E-state index contributed by atoms with van der Waals surface area (Å²) in [6.45, 7) is 5.14. The first-order valence-electron chi connectivity index (χ1n) is 8.78. The van der Waals surface area contributed by atoms with Gasteiger partial charge < -0.3 is 15.1 Å². The van der Waals surface area contributed by atoms with Crippen LogP contribution in [0.1, 0.15) is 29.3 Å². The van der Waals surface area contributed by atoms with Crippen molar-refractivity contribution in [2.75, 3.05) is 39.0 Å². The first kappa shape index (κ1) is 18.9. The molecule has 0 saturated heterocycles. The van der Waals surface area contributed by atoms with E-state index in [0.29, 0.717) is 18.7 Å². The zero-order valence-corrected chi connectivity index (χ0v) is 15.4. The van der Waals surface area contributed by atoms with Crippen LogP contribution in [0.3, 0.4) is 0 Å². The van der Waals surface area contributed by atoms with E-state index in [9.17, 15) is 4.79 Å². The predicted molar refractivity (Wildman–Crippen MR) is 103 cm³/mol. The fourth-order valence-corrected chi connectivity index (χ4v) is 2.59. The summed E-state index contributed by atoms with van der Waals surface area (Å²) in [4.78, 5) is 21.1. The van der Waals surface area contributed by atoms with Gasteiger partial charge in [-0.05, 0) is 51.7 Å². The highest BCUT2D eigenvalue weighted by atomic mass is 16.2. The summed E-state index contributed by atoms with van der Waals surface area (Å²) in [6.07, 6.45) is 2.72. The molecule has 0 aliphatic heterocycles. The van der Waals surface area contributed by atoms with E-state index >= 15 is 0 Å². The molecule has 1 aromatic heterocycles. The summed E-state index contributed by atoms with van der Waals surface area (Å²) in [7, 11) is 4.12. The average molecular weight is 340 g/mol. The van der Waals surface area contributed by atoms with Crippen LogP contribution in [0.15, 0.2) is 48.7 Å². The number of carbonyl (C=O) groups excluding carboxylic acids is 1. The van der Waals surface area contributed by atoms with E-state index in [1.165, 1.54) is 0 Å². The van der Waals surface area contributed by atoms with Crippen LogP contribution in [0.25, 0.3) is 0 Å². The number of hydrogen-bond acceptors (Lipinski definition) is 4. The van der Waals surface area contributed by atoms with E-state index in [0.717, 1.165) is 30.9 Å². The minimum absolute atomic E-state index is 0.0325. The van der Waals surface area contributed by atoms with Gasteiger partial charge in [-0.25, -0.2) is 4.98 Å². The Morgan fingerprint density at radius 2 is 1.92 bits per heavy atom. The van der Waals surface area contributed by atoms with Crippen molar-refractivity contribution in [1.29, 1.82) is 0 Å². The quantitative estimate of drug-likeness (QED) is 0.713. The number of nitrogens with zero attached hydrogens (tertiary/aromatic N) is 3. The van der Waals surface area contributed by atoms with E-state index in [4.69, 9.17) is 0 Å². The molecule has 1 aromatic carbocycles. The molecule has 5 nitrogen and oxygen atoms in total. The highest BCUT2D eigenvalue weighted by Gasteiger charge is 2.15. The smallest absolute Gasteiger partial charge is 0.254 e. The number of carbonyl (C=O) groups is 1. The summed E-state index contributed by atoms with van der Waals surface area (Å²) >= 11 is 0. The number of pyridine rings is 1. The molecule has 5 heteroatoms. The van der Waals surface area contributed by atoms with Crippen molar-refractivity contribution in [3.05, 3.63) is 59.8 Å². The molecule has 1 N–H and O–H groups in total.